The molecule has 1 N–H and O–H groups in total. The molecule has 32 heavy (non-hydrogen) atoms. The molecular weight excluding hydrogens is 406 g/mol. The van der Waals surface area contributed by atoms with Crippen LogP contribution in [0.15, 0.2) is 78.0 Å². The van der Waals surface area contributed by atoms with E-state index in [0.29, 0.717) is 34.5 Å². The van der Waals surface area contributed by atoms with Crippen LogP contribution in [0.2, 0.25) is 0 Å². The largest absolute Gasteiger partial charge is 0.497 e. The van der Waals surface area contributed by atoms with Crippen molar-refractivity contribution in [2.75, 3.05) is 19.5 Å². The van der Waals surface area contributed by atoms with Crippen LogP contribution in [0, 0.1) is 0 Å². The highest BCUT2D eigenvalue weighted by molar-refractivity contribution is 6.02. The Kier molecular flexibility index (Phi) is 6.17. The van der Waals surface area contributed by atoms with Gasteiger partial charge in [0, 0.05) is 41.1 Å². The first-order chi connectivity index (χ1) is 15.6. The van der Waals surface area contributed by atoms with Crippen LogP contribution >= 0.6 is 0 Å². The maximum Gasteiger partial charge on any atom is 0.258 e. The predicted molar refractivity (Wildman–Crippen MR) is 123 cm³/mol. The van der Waals surface area contributed by atoms with Crippen LogP contribution in [0.5, 0.6) is 11.5 Å². The van der Waals surface area contributed by atoms with E-state index in [1.807, 2.05) is 18.2 Å². The van der Waals surface area contributed by atoms with Gasteiger partial charge in [-0.3, -0.25) is 14.6 Å². The third-order valence-electron chi connectivity index (χ3n) is 5.14. The van der Waals surface area contributed by atoms with Gasteiger partial charge in [-0.15, -0.1) is 0 Å². The lowest BCUT2D eigenvalue weighted by Crippen LogP contribution is -2.21. The first-order valence-corrected chi connectivity index (χ1v) is 10.1. The Labute approximate surface area is 185 Å². The first kappa shape index (κ1) is 21.1. The van der Waals surface area contributed by atoms with E-state index >= 15 is 0 Å². The third-order valence-corrected chi connectivity index (χ3v) is 5.14. The molecule has 0 fully saturated rings. The van der Waals surface area contributed by atoms with Gasteiger partial charge in [0.25, 0.3) is 5.56 Å². The molecule has 4 rings (SSSR count). The number of methoxy groups -OCH3 is 2. The summed E-state index contributed by atoms with van der Waals surface area (Å²) in [4.78, 5) is 29.8. The van der Waals surface area contributed by atoms with E-state index in [4.69, 9.17) is 9.47 Å². The fourth-order valence-electron chi connectivity index (χ4n) is 3.59. The van der Waals surface area contributed by atoms with Crippen LogP contribution in [0.25, 0.3) is 10.8 Å². The molecule has 0 saturated carbocycles. The van der Waals surface area contributed by atoms with Crippen LogP contribution in [-0.2, 0) is 17.8 Å². The molecule has 7 nitrogen and oxygen atoms in total. The van der Waals surface area contributed by atoms with Gasteiger partial charge in [0.15, 0.2) is 0 Å². The molecule has 0 bridgehead atoms. The molecule has 0 spiro atoms. The summed E-state index contributed by atoms with van der Waals surface area (Å²) in [5, 5.41) is 4.16. The first-order valence-electron chi connectivity index (χ1n) is 10.1. The zero-order valence-corrected chi connectivity index (χ0v) is 17.9. The van der Waals surface area contributed by atoms with Gasteiger partial charge in [0.05, 0.1) is 27.2 Å². The topological polar surface area (TPSA) is 82.5 Å². The number of aromatic nitrogens is 2. The van der Waals surface area contributed by atoms with Gasteiger partial charge in [-0.2, -0.15) is 0 Å². The summed E-state index contributed by atoms with van der Waals surface area (Å²) in [5.74, 6) is 1.03. The van der Waals surface area contributed by atoms with Crippen molar-refractivity contribution in [3.8, 4) is 11.5 Å². The lowest BCUT2D eigenvalue weighted by Gasteiger charge is -2.12. The highest BCUT2D eigenvalue weighted by Crippen LogP contribution is 2.24. The molecule has 0 saturated heterocycles. The minimum atomic E-state index is -0.202. The number of anilines is 1. The van der Waals surface area contributed by atoms with Gasteiger partial charge in [-0.1, -0.05) is 12.1 Å². The smallest absolute Gasteiger partial charge is 0.258 e. The molecule has 7 heteroatoms. The maximum absolute atomic E-state index is 13.0. The van der Waals surface area contributed by atoms with Gasteiger partial charge in [0.1, 0.15) is 11.5 Å². The minimum absolute atomic E-state index is 0.125. The van der Waals surface area contributed by atoms with E-state index in [2.05, 4.69) is 10.3 Å². The Morgan fingerprint density at radius 1 is 0.969 bits per heavy atom. The van der Waals surface area contributed by atoms with Crippen molar-refractivity contribution in [2.45, 2.75) is 13.0 Å². The van der Waals surface area contributed by atoms with Crippen LogP contribution in [-0.4, -0.2) is 29.7 Å². The number of hydrogen-bond acceptors (Lipinski definition) is 5. The normalized spacial score (nSPS) is 10.7. The summed E-state index contributed by atoms with van der Waals surface area (Å²) in [6.45, 7) is 0.427. The van der Waals surface area contributed by atoms with Gasteiger partial charge in [-0.05, 0) is 47.5 Å². The lowest BCUT2D eigenvalue weighted by molar-refractivity contribution is -0.115. The average Bonchev–Trinajstić information content (AvgIpc) is 2.81. The van der Waals surface area contributed by atoms with E-state index in [1.54, 1.807) is 73.8 Å². The monoisotopic (exact) mass is 429 g/mol. The third kappa shape index (κ3) is 4.62. The summed E-state index contributed by atoms with van der Waals surface area (Å²) in [5.41, 5.74) is 2.16. The number of hydrogen-bond donors (Lipinski definition) is 1. The highest BCUT2D eigenvalue weighted by atomic mass is 16.5. The van der Waals surface area contributed by atoms with Gasteiger partial charge in [-0.25, -0.2) is 0 Å². The summed E-state index contributed by atoms with van der Waals surface area (Å²) >= 11 is 0. The second-order valence-electron chi connectivity index (χ2n) is 7.32. The van der Waals surface area contributed by atoms with Crippen LogP contribution in [0.1, 0.15) is 11.1 Å². The molecule has 2 aromatic carbocycles. The number of carbonyl (C=O) groups is 1. The Morgan fingerprint density at radius 3 is 2.44 bits per heavy atom. The number of benzene rings is 2. The second-order valence-corrected chi connectivity index (χ2v) is 7.32. The van der Waals surface area contributed by atoms with E-state index in [-0.39, 0.29) is 17.9 Å². The number of ether oxygens (including phenoxy) is 2. The van der Waals surface area contributed by atoms with Crippen LogP contribution < -0.4 is 20.3 Å². The summed E-state index contributed by atoms with van der Waals surface area (Å²) in [6, 6.07) is 16.3. The molecule has 0 aliphatic rings. The fraction of sp³-hybridized carbons (Fsp3) is 0.160. The SMILES string of the molecule is COc1cc(CC(=O)Nc2cccc3c(=O)n(Cc4cccnc4)ccc23)cc(OC)c1. The van der Waals surface area contributed by atoms with Crippen molar-refractivity contribution >= 4 is 22.4 Å². The van der Waals surface area contributed by atoms with Crippen molar-refractivity contribution in [1.82, 2.24) is 9.55 Å². The Hall–Kier alpha value is -4.13. The Morgan fingerprint density at radius 2 is 1.75 bits per heavy atom. The summed E-state index contributed by atoms with van der Waals surface area (Å²) in [7, 11) is 3.13. The molecule has 0 unspecified atom stereocenters. The fourth-order valence-corrected chi connectivity index (χ4v) is 3.59. The zero-order chi connectivity index (χ0) is 22.5. The summed E-state index contributed by atoms with van der Waals surface area (Å²) in [6.07, 6.45) is 5.31. The van der Waals surface area contributed by atoms with Crippen molar-refractivity contribution in [2.24, 2.45) is 0 Å². The number of pyridine rings is 2. The van der Waals surface area contributed by atoms with Crippen molar-refractivity contribution in [1.29, 1.82) is 0 Å². The average molecular weight is 429 g/mol. The zero-order valence-electron chi connectivity index (χ0n) is 17.9. The molecule has 0 aliphatic heterocycles. The number of nitrogens with zero attached hydrogens (tertiary/aromatic N) is 2. The molecule has 162 valence electrons. The van der Waals surface area contributed by atoms with E-state index < -0.39 is 0 Å². The maximum atomic E-state index is 13.0. The molecule has 2 heterocycles. The molecule has 0 atom stereocenters. The van der Waals surface area contributed by atoms with E-state index in [9.17, 15) is 9.59 Å². The predicted octanol–water partition coefficient (Wildman–Crippen LogP) is 3.64. The van der Waals surface area contributed by atoms with E-state index in [1.165, 1.54) is 0 Å². The molecule has 0 radical (unpaired) electrons. The van der Waals surface area contributed by atoms with Gasteiger partial charge < -0.3 is 19.4 Å². The second kappa shape index (κ2) is 9.34. The number of rotatable bonds is 7. The molecule has 0 aliphatic carbocycles. The molecule has 4 aromatic rings. The quantitative estimate of drug-likeness (QED) is 0.485. The van der Waals surface area contributed by atoms with Crippen molar-refractivity contribution < 1.29 is 14.3 Å². The number of nitrogens with one attached hydrogen (secondary N) is 1. The molecule has 1 amide bonds. The molecule has 2 aromatic heterocycles. The standard InChI is InChI=1S/C25H23N3O4/c1-31-19-11-18(12-20(14-19)32-2)13-24(29)27-23-7-3-6-22-21(23)8-10-28(25(22)30)16-17-5-4-9-26-15-17/h3-12,14-15H,13,16H2,1-2H3,(H,27,29). The van der Waals surface area contributed by atoms with E-state index in [0.717, 1.165) is 11.1 Å². The minimum Gasteiger partial charge on any atom is -0.497 e. The van der Waals surface area contributed by atoms with Gasteiger partial charge >= 0.3 is 0 Å². The Balaban J connectivity index is 1.58. The van der Waals surface area contributed by atoms with Gasteiger partial charge in [0.2, 0.25) is 5.91 Å². The number of fused-ring (bicyclic) bond motifs is 1. The van der Waals surface area contributed by atoms with Crippen molar-refractivity contribution in [3.63, 3.8) is 0 Å². The molecular formula is C25H23N3O4. The lowest BCUT2D eigenvalue weighted by atomic mass is 10.1. The Bertz CT molecular complexity index is 1290. The van der Waals surface area contributed by atoms with Crippen LogP contribution in [0.4, 0.5) is 5.69 Å². The van der Waals surface area contributed by atoms with Crippen molar-refractivity contribution in [3.05, 3.63) is 94.7 Å². The van der Waals surface area contributed by atoms with Crippen LogP contribution in [0.3, 0.4) is 0 Å². The number of amides is 1. The highest BCUT2D eigenvalue weighted by Gasteiger charge is 2.12. The summed E-state index contributed by atoms with van der Waals surface area (Å²) < 4.78 is 12.2. The number of carbonyl (C=O) groups excluding carboxylic acids is 1.